The van der Waals surface area contributed by atoms with E-state index in [1.165, 1.54) is 57.4 Å². The lowest BCUT2D eigenvalue weighted by molar-refractivity contribution is -0.134. The standard InChI is InChI=1S/C18H33NO3/c1-3-5-6-7-8-9-10-11-12-13-14-15-17(20)19-16(4-2)18(21)22/h4H,3,5-15H2,1-2H3,(H,19,20)(H,21,22)/b16-4-. The summed E-state index contributed by atoms with van der Waals surface area (Å²) >= 11 is 0. The van der Waals surface area contributed by atoms with Gasteiger partial charge in [0.05, 0.1) is 0 Å². The van der Waals surface area contributed by atoms with E-state index < -0.39 is 5.97 Å². The molecule has 2 N–H and O–H groups in total. The van der Waals surface area contributed by atoms with Crippen LogP contribution in [-0.2, 0) is 9.59 Å². The van der Waals surface area contributed by atoms with Gasteiger partial charge in [0.15, 0.2) is 0 Å². The van der Waals surface area contributed by atoms with Crippen molar-refractivity contribution in [1.29, 1.82) is 0 Å². The van der Waals surface area contributed by atoms with Crippen molar-refractivity contribution in [2.75, 3.05) is 0 Å². The molecule has 128 valence electrons. The third-order valence-electron chi connectivity index (χ3n) is 3.80. The van der Waals surface area contributed by atoms with Gasteiger partial charge in [0.2, 0.25) is 5.91 Å². The molecule has 0 aliphatic carbocycles. The molecule has 1 amide bonds. The van der Waals surface area contributed by atoms with Crippen LogP contribution in [0.3, 0.4) is 0 Å². The predicted molar refractivity (Wildman–Crippen MR) is 90.6 cm³/mol. The monoisotopic (exact) mass is 311 g/mol. The van der Waals surface area contributed by atoms with Crippen LogP contribution >= 0.6 is 0 Å². The van der Waals surface area contributed by atoms with Crippen molar-refractivity contribution in [2.45, 2.75) is 90.9 Å². The molecule has 0 aromatic heterocycles. The minimum Gasteiger partial charge on any atom is -0.477 e. The molecule has 4 heteroatoms. The van der Waals surface area contributed by atoms with Gasteiger partial charge in [-0.2, -0.15) is 0 Å². The van der Waals surface area contributed by atoms with E-state index >= 15 is 0 Å². The molecule has 0 fully saturated rings. The van der Waals surface area contributed by atoms with Gasteiger partial charge in [0.1, 0.15) is 5.70 Å². The molecule has 0 heterocycles. The Kier molecular flexibility index (Phi) is 13.7. The van der Waals surface area contributed by atoms with Crippen molar-refractivity contribution in [3.05, 3.63) is 11.8 Å². The highest BCUT2D eigenvalue weighted by atomic mass is 16.4. The molecule has 0 atom stereocenters. The van der Waals surface area contributed by atoms with Crippen molar-refractivity contribution >= 4 is 11.9 Å². The Labute approximate surface area is 135 Å². The lowest BCUT2D eigenvalue weighted by atomic mass is 10.1. The number of allylic oxidation sites excluding steroid dienone is 1. The van der Waals surface area contributed by atoms with E-state index in [1.54, 1.807) is 6.92 Å². The Hall–Kier alpha value is -1.32. The van der Waals surface area contributed by atoms with Crippen LogP contribution in [0.4, 0.5) is 0 Å². The third-order valence-corrected chi connectivity index (χ3v) is 3.80. The maximum absolute atomic E-state index is 11.6. The zero-order valence-corrected chi connectivity index (χ0v) is 14.3. The molecule has 0 aromatic rings. The number of hydrogen-bond acceptors (Lipinski definition) is 2. The van der Waals surface area contributed by atoms with Crippen LogP contribution in [0.1, 0.15) is 90.9 Å². The van der Waals surface area contributed by atoms with Gasteiger partial charge in [-0.15, -0.1) is 0 Å². The van der Waals surface area contributed by atoms with Crippen LogP contribution in [0.25, 0.3) is 0 Å². The number of nitrogens with one attached hydrogen (secondary N) is 1. The molecule has 0 aliphatic rings. The number of amides is 1. The van der Waals surface area contributed by atoms with Crippen LogP contribution < -0.4 is 5.32 Å². The molecule has 0 saturated heterocycles. The van der Waals surface area contributed by atoms with E-state index in [0.717, 1.165) is 19.3 Å². The second kappa shape index (κ2) is 14.6. The lowest BCUT2D eigenvalue weighted by Crippen LogP contribution is -2.26. The first-order valence-corrected chi connectivity index (χ1v) is 8.81. The third kappa shape index (κ3) is 12.4. The fourth-order valence-corrected chi connectivity index (χ4v) is 2.41. The Bertz CT molecular complexity index is 337. The second-order valence-corrected chi connectivity index (χ2v) is 5.84. The molecule has 0 saturated carbocycles. The maximum atomic E-state index is 11.6. The van der Waals surface area contributed by atoms with E-state index in [4.69, 9.17) is 5.11 Å². The fourth-order valence-electron chi connectivity index (χ4n) is 2.41. The van der Waals surface area contributed by atoms with Crippen LogP contribution in [0.15, 0.2) is 11.8 Å². The van der Waals surface area contributed by atoms with E-state index in [9.17, 15) is 9.59 Å². The number of carboxylic acids is 1. The predicted octanol–water partition coefficient (Wildman–Crippen LogP) is 4.79. The van der Waals surface area contributed by atoms with Crippen molar-refractivity contribution in [2.24, 2.45) is 0 Å². The smallest absolute Gasteiger partial charge is 0.352 e. The van der Waals surface area contributed by atoms with E-state index in [1.807, 2.05) is 0 Å². The Morgan fingerprint density at radius 1 is 0.864 bits per heavy atom. The van der Waals surface area contributed by atoms with Gasteiger partial charge < -0.3 is 10.4 Å². The summed E-state index contributed by atoms with van der Waals surface area (Å²) in [5, 5.41) is 11.2. The number of rotatable bonds is 14. The van der Waals surface area contributed by atoms with Crippen LogP contribution in [-0.4, -0.2) is 17.0 Å². The number of carbonyl (C=O) groups excluding carboxylic acids is 1. The molecule has 0 aromatic carbocycles. The quantitative estimate of drug-likeness (QED) is 0.358. The highest BCUT2D eigenvalue weighted by Gasteiger charge is 2.09. The van der Waals surface area contributed by atoms with Gasteiger partial charge in [-0.1, -0.05) is 77.2 Å². The van der Waals surface area contributed by atoms with Gasteiger partial charge >= 0.3 is 5.97 Å². The molecule has 0 bridgehead atoms. The average Bonchev–Trinajstić information content (AvgIpc) is 2.50. The van der Waals surface area contributed by atoms with E-state index in [2.05, 4.69) is 12.2 Å². The van der Waals surface area contributed by atoms with Crippen molar-refractivity contribution in [3.63, 3.8) is 0 Å². The summed E-state index contributed by atoms with van der Waals surface area (Å²) < 4.78 is 0. The molecular formula is C18H33NO3. The summed E-state index contributed by atoms with van der Waals surface area (Å²) in [5.74, 6) is -1.29. The van der Waals surface area contributed by atoms with Crippen molar-refractivity contribution in [3.8, 4) is 0 Å². The molecule has 0 spiro atoms. The first kappa shape index (κ1) is 20.7. The van der Waals surface area contributed by atoms with Crippen LogP contribution in [0.2, 0.25) is 0 Å². The fraction of sp³-hybridized carbons (Fsp3) is 0.778. The summed E-state index contributed by atoms with van der Waals surface area (Å²) in [5.41, 5.74) is -0.0342. The summed E-state index contributed by atoms with van der Waals surface area (Å²) in [6, 6.07) is 0. The summed E-state index contributed by atoms with van der Waals surface area (Å²) in [7, 11) is 0. The van der Waals surface area contributed by atoms with Crippen molar-refractivity contribution < 1.29 is 14.7 Å². The Balaban J connectivity index is 3.39. The summed E-state index contributed by atoms with van der Waals surface area (Å²) in [6.07, 6.45) is 15.5. The highest BCUT2D eigenvalue weighted by molar-refractivity contribution is 5.92. The Morgan fingerprint density at radius 2 is 1.32 bits per heavy atom. The highest BCUT2D eigenvalue weighted by Crippen LogP contribution is 2.11. The molecule has 0 radical (unpaired) electrons. The molecule has 0 unspecified atom stereocenters. The van der Waals surface area contributed by atoms with Crippen LogP contribution in [0, 0.1) is 0 Å². The Morgan fingerprint density at radius 3 is 1.73 bits per heavy atom. The van der Waals surface area contributed by atoms with Crippen molar-refractivity contribution in [1.82, 2.24) is 5.32 Å². The first-order chi connectivity index (χ1) is 10.6. The lowest BCUT2D eigenvalue weighted by Gasteiger charge is -2.05. The van der Waals surface area contributed by atoms with Gasteiger partial charge in [-0.3, -0.25) is 4.79 Å². The molecular weight excluding hydrogens is 278 g/mol. The summed E-state index contributed by atoms with van der Waals surface area (Å²) in [6.45, 7) is 3.84. The zero-order valence-electron chi connectivity index (χ0n) is 14.3. The van der Waals surface area contributed by atoms with Gasteiger partial charge in [-0.05, 0) is 13.3 Å². The maximum Gasteiger partial charge on any atom is 0.352 e. The van der Waals surface area contributed by atoms with Gasteiger partial charge in [-0.25, -0.2) is 4.79 Å². The summed E-state index contributed by atoms with van der Waals surface area (Å²) in [4.78, 5) is 22.3. The first-order valence-electron chi connectivity index (χ1n) is 8.81. The second-order valence-electron chi connectivity index (χ2n) is 5.84. The van der Waals surface area contributed by atoms with Crippen LogP contribution in [0.5, 0.6) is 0 Å². The molecule has 4 nitrogen and oxygen atoms in total. The molecule has 0 aliphatic heterocycles. The van der Waals surface area contributed by atoms with E-state index in [-0.39, 0.29) is 11.6 Å². The largest absolute Gasteiger partial charge is 0.477 e. The molecule has 22 heavy (non-hydrogen) atoms. The molecule has 0 rings (SSSR count). The number of hydrogen-bond donors (Lipinski definition) is 2. The average molecular weight is 311 g/mol. The van der Waals surface area contributed by atoms with Gasteiger partial charge in [0.25, 0.3) is 0 Å². The number of aliphatic carboxylic acids is 1. The minimum absolute atomic E-state index is 0.0342. The van der Waals surface area contributed by atoms with Gasteiger partial charge in [0, 0.05) is 6.42 Å². The number of unbranched alkanes of at least 4 members (excludes halogenated alkanes) is 10. The van der Waals surface area contributed by atoms with E-state index in [0.29, 0.717) is 6.42 Å². The number of carboxylic acid groups (broad SMARTS) is 1. The topological polar surface area (TPSA) is 66.4 Å². The zero-order chi connectivity index (χ0) is 16.6. The number of carbonyl (C=O) groups is 2. The normalized spacial score (nSPS) is 11.5. The minimum atomic E-state index is -1.09. The SMILES string of the molecule is C/C=C(\NC(=O)CCCCCCCCCCCCC)C(=O)O.